The van der Waals surface area contributed by atoms with Gasteiger partial charge in [0.25, 0.3) is 0 Å². The Morgan fingerprint density at radius 3 is 2.63 bits per heavy atom. The van der Waals surface area contributed by atoms with Gasteiger partial charge < -0.3 is 5.32 Å². The van der Waals surface area contributed by atoms with Crippen molar-refractivity contribution in [2.45, 2.75) is 12.1 Å². The number of carbonyl (C=O) groups excluding carboxylic acids is 1. The van der Waals surface area contributed by atoms with Gasteiger partial charge in [0.1, 0.15) is 0 Å². The second kappa shape index (κ2) is 9.16. The van der Waals surface area contributed by atoms with Crippen molar-refractivity contribution < 1.29 is 4.79 Å². The van der Waals surface area contributed by atoms with E-state index in [1.165, 1.54) is 11.8 Å². The number of benzene rings is 2. The molecule has 1 heterocycles. The number of nitrogens with one attached hydrogen (secondary N) is 1. The van der Waals surface area contributed by atoms with Crippen LogP contribution in [0.1, 0.15) is 11.4 Å². The van der Waals surface area contributed by atoms with Gasteiger partial charge in [-0.05, 0) is 48.9 Å². The van der Waals surface area contributed by atoms with E-state index in [4.69, 9.17) is 11.6 Å². The van der Waals surface area contributed by atoms with E-state index in [9.17, 15) is 4.79 Å². The molecule has 0 saturated carbocycles. The van der Waals surface area contributed by atoms with Gasteiger partial charge in [-0.25, -0.2) is 0 Å². The summed E-state index contributed by atoms with van der Waals surface area (Å²) in [6, 6.07) is 14.7. The first kappa shape index (κ1) is 19.6. The molecule has 0 unspecified atom stereocenters. The summed E-state index contributed by atoms with van der Waals surface area (Å²) in [6.45, 7) is 1.80. The highest BCUT2D eigenvalue weighted by Gasteiger charge is 2.11. The van der Waals surface area contributed by atoms with Crippen molar-refractivity contribution >= 4 is 57.1 Å². The predicted molar refractivity (Wildman–Crippen MR) is 113 cm³/mol. The van der Waals surface area contributed by atoms with Crippen LogP contribution in [0, 0.1) is 6.92 Å². The largest absolute Gasteiger partial charge is 0.325 e. The fourth-order valence-electron chi connectivity index (χ4n) is 2.09. The molecule has 2 aromatic carbocycles. The fraction of sp³-hybridized carbons (Fsp3) is 0.111. The molecular weight excluding hydrogens is 450 g/mol. The van der Waals surface area contributed by atoms with Crippen LogP contribution in [0.25, 0.3) is 0 Å². The summed E-state index contributed by atoms with van der Waals surface area (Å²) in [7, 11) is 0. The first-order valence-electron chi connectivity index (χ1n) is 7.91. The molecule has 0 aliphatic rings. The fourth-order valence-corrected chi connectivity index (χ4v) is 3.22. The van der Waals surface area contributed by atoms with Gasteiger partial charge in [0.2, 0.25) is 11.1 Å². The molecule has 0 radical (unpaired) electrons. The Hall–Kier alpha value is -2.16. The molecule has 0 bridgehead atoms. The van der Waals surface area contributed by atoms with Crippen molar-refractivity contribution in [3.8, 4) is 0 Å². The zero-order valence-corrected chi connectivity index (χ0v) is 17.4. The van der Waals surface area contributed by atoms with Crippen LogP contribution in [0.3, 0.4) is 0 Å². The molecule has 0 saturated heterocycles. The van der Waals surface area contributed by atoms with Crippen LogP contribution in [-0.4, -0.2) is 32.7 Å². The summed E-state index contributed by atoms with van der Waals surface area (Å²) < 4.78 is 2.56. The molecule has 9 heteroatoms. The van der Waals surface area contributed by atoms with Gasteiger partial charge in [-0.3, -0.25) is 4.79 Å². The average Bonchev–Trinajstić information content (AvgIpc) is 3.01. The minimum Gasteiger partial charge on any atom is -0.325 e. The average molecular weight is 465 g/mol. The molecule has 1 amide bonds. The normalized spacial score (nSPS) is 11.1. The predicted octanol–water partition coefficient (Wildman–Crippen LogP) is 4.62. The van der Waals surface area contributed by atoms with Gasteiger partial charge in [0, 0.05) is 15.2 Å². The Morgan fingerprint density at radius 2 is 1.93 bits per heavy atom. The lowest BCUT2D eigenvalue weighted by Gasteiger charge is -2.05. The Bertz CT molecular complexity index is 957. The van der Waals surface area contributed by atoms with Gasteiger partial charge >= 0.3 is 0 Å². The Balaban J connectivity index is 1.63. The number of hydrogen-bond acceptors (Lipinski definition) is 5. The number of halogens is 2. The molecule has 3 rings (SSSR count). The lowest BCUT2D eigenvalue weighted by atomic mass is 10.2. The number of aryl methyl sites for hydroxylation is 1. The molecule has 0 spiro atoms. The van der Waals surface area contributed by atoms with Crippen LogP contribution in [0.2, 0.25) is 5.02 Å². The van der Waals surface area contributed by atoms with Gasteiger partial charge in [0.05, 0.1) is 12.0 Å². The number of hydrogen-bond donors (Lipinski definition) is 1. The number of amides is 1. The molecular formula is C18H15BrClN5OS. The summed E-state index contributed by atoms with van der Waals surface area (Å²) in [5, 5.41) is 16.6. The third kappa shape index (κ3) is 5.66. The maximum atomic E-state index is 12.1. The van der Waals surface area contributed by atoms with Crippen LogP contribution < -0.4 is 5.32 Å². The first-order valence-corrected chi connectivity index (χ1v) is 10.1. The van der Waals surface area contributed by atoms with Crippen LogP contribution in [0.5, 0.6) is 0 Å². The molecule has 0 fully saturated rings. The van der Waals surface area contributed by atoms with Crippen molar-refractivity contribution in [2.24, 2.45) is 5.10 Å². The van der Waals surface area contributed by atoms with Crippen LogP contribution >= 0.6 is 39.3 Å². The number of rotatable bonds is 6. The zero-order chi connectivity index (χ0) is 19.2. The van der Waals surface area contributed by atoms with Crippen molar-refractivity contribution in [2.75, 3.05) is 11.1 Å². The third-order valence-corrected chi connectivity index (χ3v) is 5.12. The van der Waals surface area contributed by atoms with Gasteiger partial charge in [-0.2, -0.15) is 9.78 Å². The summed E-state index contributed by atoms with van der Waals surface area (Å²) in [6.07, 6.45) is 1.69. The van der Waals surface area contributed by atoms with Crippen molar-refractivity contribution in [1.29, 1.82) is 0 Å². The molecule has 0 atom stereocenters. The number of thioether (sulfide) groups is 1. The standard InChI is InChI=1S/C18H15BrClN5OS/c1-12-23-24-18(25(12)21-10-13-2-6-15(20)7-3-13)27-11-17(26)22-16-8-4-14(19)5-9-16/h2-10H,11H2,1H3,(H,22,26). The molecule has 6 nitrogen and oxygen atoms in total. The third-order valence-electron chi connectivity index (χ3n) is 3.42. The van der Waals surface area contributed by atoms with E-state index < -0.39 is 0 Å². The minimum atomic E-state index is -0.129. The number of nitrogens with zero attached hydrogens (tertiary/aromatic N) is 4. The number of anilines is 1. The maximum Gasteiger partial charge on any atom is 0.234 e. The second-order valence-electron chi connectivity index (χ2n) is 5.48. The Kier molecular flexibility index (Phi) is 6.65. The SMILES string of the molecule is Cc1nnc(SCC(=O)Nc2ccc(Br)cc2)n1N=Cc1ccc(Cl)cc1. The summed E-state index contributed by atoms with van der Waals surface area (Å²) in [4.78, 5) is 12.1. The Labute approximate surface area is 174 Å². The van der Waals surface area contributed by atoms with Crippen molar-refractivity contribution in [3.63, 3.8) is 0 Å². The smallest absolute Gasteiger partial charge is 0.234 e. The van der Waals surface area contributed by atoms with Crippen LogP contribution in [0.4, 0.5) is 5.69 Å². The summed E-state index contributed by atoms with van der Waals surface area (Å²) >= 11 is 10.5. The number of carbonyl (C=O) groups is 1. The van der Waals surface area contributed by atoms with Gasteiger partial charge in [-0.1, -0.05) is 51.4 Å². The topological polar surface area (TPSA) is 72.2 Å². The van der Waals surface area contributed by atoms with E-state index in [0.717, 1.165) is 15.7 Å². The van der Waals surface area contributed by atoms with E-state index in [2.05, 4.69) is 36.5 Å². The lowest BCUT2D eigenvalue weighted by molar-refractivity contribution is -0.113. The van der Waals surface area contributed by atoms with E-state index in [1.54, 1.807) is 29.9 Å². The molecule has 27 heavy (non-hydrogen) atoms. The lowest BCUT2D eigenvalue weighted by Crippen LogP contribution is -2.14. The molecule has 1 aromatic heterocycles. The van der Waals surface area contributed by atoms with E-state index >= 15 is 0 Å². The second-order valence-corrected chi connectivity index (χ2v) is 7.78. The Morgan fingerprint density at radius 1 is 1.22 bits per heavy atom. The maximum absolute atomic E-state index is 12.1. The number of aromatic nitrogens is 3. The zero-order valence-electron chi connectivity index (χ0n) is 14.3. The van der Waals surface area contributed by atoms with Crippen molar-refractivity contribution in [3.05, 3.63) is 69.4 Å². The molecule has 0 aliphatic heterocycles. The van der Waals surface area contributed by atoms with E-state index in [0.29, 0.717) is 16.0 Å². The van der Waals surface area contributed by atoms with E-state index in [1.807, 2.05) is 36.4 Å². The molecule has 138 valence electrons. The molecule has 1 N–H and O–H groups in total. The summed E-state index contributed by atoms with van der Waals surface area (Å²) in [5.41, 5.74) is 1.64. The van der Waals surface area contributed by atoms with Gasteiger partial charge in [-0.15, -0.1) is 10.2 Å². The van der Waals surface area contributed by atoms with Crippen LogP contribution in [0.15, 0.2) is 63.3 Å². The quantitative estimate of drug-likeness (QED) is 0.427. The van der Waals surface area contributed by atoms with Crippen LogP contribution in [-0.2, 0) is 4.79 Å². The molecule has 0 aliphatic carbocycles. The monoisotopic (exact) mass is 463 g/mol. The summed E-state index contributed by atoms with van der Waals surface area (Å²) in [5.74, 6) is 0.706. The highest BCUT2D eigenvalue weighted by molar-refractivity contribution is 9.10. The molecule has 3 aromatic rings. The minimum absolute atomic E-state index is 0.129. The first-order chi connectivity index (χ1) is 13.0. The van der Waals surface area contributed by atoms with Gasteiger partial charge in [0.15, 0.2) is 5.82 Å². The highest BCUT2D eigenvalue weighted by Crippen LogP contribution is 2.18. The van der Waals surface area contributed by atoms with Crippen molar-refractivity contribution in [1.82, 2.24) is 14.9 Å². The van der Waals surface area contributed by atoms with E-state index in [-0.39, 0.29) is 11.7 Å². The highest BCUT2D eigenvalue weighted by atomic mass is 79.9.